The summed E-state index contributed by atoms with van der Waals surface area (Å²) in [6, 6.07) is 0. The molecule has 4 N–H and O–H groups in total. The van der Waals surface area contributed by atoms with Crippen LogP contribution in [0.1, 0.15) is 30.6 Å². The molecule has 0 aromatic carbocycles. The van der Waals surface area contributed by atoms with Crippen molar-refractivity contribution in [1.82, 2.24) is 14.9 Å². The number of fused-ring (bicyclic) bond motifs is 1. The molecular formula is C15H20N4O8. The number of amides is 1. The van der Waals surface area contributed by atoms with Crippen molar-refractivity contribution in [3.63, 3.8) is 0 Å². The Morgan fingerprint density at radius 3 is 2.78 bits per heavy atom. The first kappa shape index (κ1) is 19.1. The van der Waals surface area contributed by atoms with Crippen LogP contribution >= 0.6 is 0 Å². The first-order valence-electron chi connectivity index (χ1n) is 8.21. The van der Waals surface area contributed by atoms with E-state index in [0.29, 0.717) is 0 Å². The molecule has 12 nitrogen and oxygen atoms in total. The van der Waals surface area contributed by atoms with Gasteiger partial charge in [-0.3, -0.25) is 19.0 Å². The minimum absolute atomic E-state index is 0.00909. The Morgan fingerprint density at radius 2 is 2.11 bits per heavy atom. The molecule has 2 aliphatic rings. The van der Waals surface area contributed by atoms with Crippen LogP contribution in [0.4, 0.5) is 5.82 Å². The van der Waals surface area contributed by atoms with Crippen molar-refractivity contribution in [1.29, 1.82) is 0 Å². The first-order valence-corrected chi connectivity index (χ1v) is 8.21. The number of imidazole rings is 1. The molecule has 1 unspecified atom stereocenters. The molecule has 1 fully saturated rings. The van der Waals surface area contributed by atoms with Gasteiger partial charge in [0.1, 0.15) is 30.9 Å². The monoisotopic (exact) mass is 384 g/mol. The van der Waals surface area contributed by atoms with E-state index in [1.807, 2.05) is 0 Å². The number of carbonyl (C=O) groups excluding carboxylic acids is 3. The van der Waals surface area contributed by atoms with Crippen LogP contribution in [0, 0.1) is 0 Å². The van der Waals surface area contributed by atoms with Gasteiger partial charge in [0.05, 0.1) is 12.9 Å². The molecule has 3 rings (SSSR count). The van der Waals surface area contributed by atoms with Crippen molar-refractivity contribution < 1.29 is 38.8 Å². The van der Waals surface area contributed by atoms with Gasteiger partial charge >= 0.3 is 11.9 Å². The normalized spacial score (nSPS) is 29.9. The van der Waals surface area contributed by atoms with Gasteiger partial charge in [-0.25, -0.2) is 4.98 Å². The molecule has 148 valence electrons. The third-order valence-corrected chi connectivity index (χ3v) is 4.11. The van der Waals surface area contributed by atoms with E-state index in [-0.39, 0.29) is 24.7 Å². The summed E-state index contributed by atoms with van der Waals surface area (Å²) < 4.78 is 17.1. The van der Waals surface area contributed by atoms with E-state index >= 15 is 0 Å². The summed E-state index contributed by atoms with van der Waals surface area (Å²) in [5.41, 5.74) is 0.00909. The summed E-state index contributed by atoms with van der Waals surface area (Å²) in [6.07, 6.45) is -4.22. The quantitative estimate of drug-likeness (QED) is 0.432. The predicted molar refractivity (Wildman–Crippen MR) is 86.3 cm³/mol. The number of carbonyl (C=O) groups is 3. The number of hydrogen-bond acceptors (Lipinski definition) is 10. The number of aliphatic hydroxyl groups is 2. The molecule has 0 radical (unpaired) electrons. The maximum Gasteiger partial charge on any atom is 0.303 e. The van der Waals surface area contributed by atoms with E-state index in [2.05, 4.69) is 15.6 Å². The minimum Gasteiger partial charge on any atom is -0.463 e. The van der Waals surface area contributed by atoms with Gasteiger partial charge in [0.15, 0.2) is 18.0 Å². The molecule has 0 spiro atoms. The van der Waals surface area contributed by atoms with Crippen molar-refractivity contribution in [2.24, 2.45) is 0 Å². The molecule has 3 heterocycles. The van der Waals surface area contributed by atoms with Crippen LogP contribution in [0.25, 0.3) is 0 Å². The maximum absolute atomic E-state index is 12.1. The van der Waals surface area contributed by atoms with Crippen molar-refractivity contribution >= 4 is 23.7 Å². The molecule has 5 atom stereocenters. The molecule has 0 saturated carbocycles. The van der Waals surface area contributed by atoms with Gasteiger partial charge < -0.3 is 35.1 Å². The number of rotatable bonds is 4. The van der Waals surface area contributed by atoms with Crippen LogP contribution in [0.3, 0.4) is 0 Å². The third-order valence-electron chi connectivity index (χ3n) is 4.11. The summed E-state index contributed by atoms with van der Waals surface area (Å²) in [5.74, 6) is -1.56. The molecule has 1 amide bonds. The summed E-state index contributed by atoms with van der Waals surface area (Å²) in [6.45, 7) is 2.18. The topological polar surface area (TPSA) is 161 Å². The standard InChI is InChI=1S/C15H20N4O8/c1-6(20)25-4-8-12(26-7(2)21)11(23)15(27-8)19-5-17-10-13(19)16-3-9(22)18-14(10)24/h5,8-9,11-12,15-16,22-23H,3-4H2,1-2H3,(H,18,24)/t8-,9?,11-,12-,15-/m1/s1. The molecular weight excluding hydrogens is 364 g/mol. The van der Waals surface area contributed by atoms with Crippen molar-refractivity contribution in [3.8, 4) is 0 Å². The number of hydrogen-bond donors (Lipinski definition) is 4. The molecule has 27 heavy (non-hydrogen) atoms. The lowest BCUT2D eigenvalue weighted by atomic mass is 10.1. The number of anilines is 1. The highest BCUT2D eigenvalue weighted by Crippen LogP contribution is 2.35. The Balaban J connectivity index is 1.87. The lowest BCUT2D eigenvalue weighted by Gasteiger charge is -2.20. The zero-order valence-electron chi connectivity index (χ0n) is 14.6. The van der Waals surface area contributed by atoms with E-state index in [1.54, 1.807) is 0 Å². The second-order valence-corrected chi connectivity index (χ2v) is 6.15. The number of aromatic nitrogens is 2. The minimum atomic E-state index is -1.31. The largest absolute Gasteiger partial charge is 0.463 e. The smallest absolute Gasteiger partial charge is 0.303 e. The van der Waals surface area contributed by atoms with Gasteiger partial charge in [0, 0.05) is 13.8 Å². The van der Waals surface area contributed by atoms with Gasteiger partial charge in [-0.2, -0.15) is 0 Å². The summed E-state index contributed by atoms with van der Waals surface area (Å²) in [4.78, 5) is 38.5. The second-order valence-electron chi connectivity index (χ2n) is 6.15. The highest BCUT2D eigenvalue weighted by Gasteiger charge is 2.48. The van der Waals surface area contributed by atoms with Gasteiger partial charge in [0.2, 0.25) is 0 Å². The van der Waals surface area contributed by atoms with Crippen LogP contribution in [-0.2, 0) is 23.8 Å². The van der Waals surface area contributed by atoms with Crippen LogP contribution < -0.4 is 10.6 Å². The Labute approximate surface area is 153 Å². The van der Waals surface area contributed by atoms with E-state index in [4.69, 9.17) is 14.2 Å². The Hall–Kier alpha value is -2.70. The number of ether oxygens (including phenoxy) is 3. The van der Waals surface area contributed by atoms with Crippen LogP contribution in [0.2, 0.25) is 0 Å². The van der Waals surface area contributed by atoms with E-state index in [9.17, 15) is 24.6 Å². The van der Waals surface area contributed by atoms with Gasteiger partial charge in [0.25, 0.3) is 5.91 Å². The second kappa shape index (κ2) is 7.50. The lowest BCUT2D eigenvalue weighted by Crippen LogP contribution is -2.38. The molecule has 0 bridgehead atoms. The first-order chi connectivity index (χ1) is 12.8. The Bertz CT molecular complexity index is 750. The van der Waals surface area contributed by atoms with Crippen molar-refractivity contribution in [3.05, 3.63) is 12.0 Å². The van der Waals surface area contributed by atoms with E-state index < -0.39 is 48.6 Å². The molecule has 12 heteroatoms. The fourth-order valence-electron chi connectivity index (χ4n) is 2.98. The zero-order chi connectivity index (χ0) is 19.7. The van der Waals surface area contributed by atoms with Crippen molar-refractivity contribution in [2.75, 3.05) is 18.5 Å². The lowest BCUT2D eigenvalue weighted by molar-refractivity contribution is -0.157. The molecule has 1 aromatic heterocycles. The zero-order valence-corrected chi connectivity index (χ0v) is 14.6. The average molecular weight is 384 g/mol. The molecule has 1 saturated heterocycles. The number of esters is 2. The fraction of sp³-hybridized carbons (Fsp3) is 0.600. The van der Waals surface area contributed by atoms with Crippen LogP contribution in [0.5, 0.6) is 0 Å². The van der Waals surface area contributed by atoms with Crippen molar-refractivity contribution in [2.45, 2.75) is 44.6 Å². The number of nitrogens with zero attached hydrogens (tertiary/aromatic N) is 2. The van der Waals surface area contributed by atoms with E-state index in [0.717, 1.165) is 0 Å². The summed E-state index contributed by atoms with van der Waals surface area (Å²) in [7, 11) is 0. The van der Waals surface area contributed by atoms with Gasteiger partial charge in [-0.05, 0) is 0 Å². The SMILES string of the molecule is CC(=O)OC[C@H]1O[C@@H](n2cnc3c2NCC(O)NC3=O)[C@H](O)[C@@H]1OC(C)=O. The van der Waals surface area contributed by atoms with E-state index in [1.165, 1.54) is 24.7 Å². The fourth-order valence-corrected chi connectivity index (χ4v) is 2.98. The Morgan fingerprint density at radius 1 is 1.37 bits per heavy atom. The summed E-state index contributed by atoms with van der Waals surface area (Å²) in [5, 5.41) is 25.5. The van der Waals surface area contributed by atoms with Crippen LogP contribution in [-0.4, -0.2) is 75.3 Å². The highest BCUT2D eigenvalue weighted by atomic mass is 16.6. The van der Waals surface area contributed by atoms with Gasteiger partial charge in [-0.15, -0.1) is 0 Å². The molecule has 1 aromatic rings. The Kier molecular flexibility index (Phi) is 5.30. The number of β-amino-alcohol motifs (C(OH)–C–C–N with tert-alkyl or cyclic N) is 1. The maximum atomic E-state index is 12.1. The van der Waals surface area contributed by atoms with Gasteiger partial charge in [-0.1, -0.05) is 0 Å². The molecule has 0 aliphatic carbocycles. The summed E-state index contributed by atoms with van der Waals surface area (Å²) >= 11 is 0. The van der Waals surface area contributed by atoms with Crippen LogP contribution in [0.15, 0.2) is 6.33 Å². The number of nitrogens with one attached hydrogen (secondary N) is 2. The predicted octanol–water partition coefficient (Wildman–Crippen LogP) is -1.89. The highest BCUT2D eigenvalue weighted by molar-refractivity contribution is 5.97. The molecule has 2 aliphatic heterocycles. The third kappa shape index (κ3) is 3.86. The number of aliphatic hydroxyl groups excluding tert-OH is 2. The average Bonchev–Trinajstić information content (AvgIpc) is 3.08.